The first kappa shape index (κ1) is 24.9. The number of hydrogen-bond donors (Lipinski definition) is 1. The van der Waals surface area contributed by atoms with Crippen molar-refractivity contribution in [2.75, 3.05) is 0 Å². The molecule has 0 atom stereocenters. The van der Waals surface area contributed by atoms with E-state index in [4.69, 9.17) is 5.10 Å². The normalized spacial score (nSPS) is 21.3. The van der Waals surface area contributed by atoms with Crippen LogP contribution in [0, 0.1) is 24.1 Å². The highest BCUT2D eigenvalue weighted by molar-refractivity contribution is 7.99. The van der Waals surface area contributed by atoms with Gasteiger partial charge in [-0.25, -0.2) is 22.7 Å². The number of fused-ring (bicyclic) bond motifs is 1. The number of nitrogens with one attached hydrogen (secondary N) is 1. The molecular formula is C27H26F3N7S. The molecule has 0 saturated heterocycles. The molecular weight excluding hydrogens is 511 g/mol. The Hall–Kier alpha value is -3.36. The van der Waals surface area contributed by atoms with Gasteiger partial charge in [0.25, 0.3) is 5.92 Å². The number of nitrogens with zero attached hydrogens (tertiary/aromatic N) is 6. The van der Waals surface area contributed by atoms with Crippen LogP contribution in [-0.2, 0) is 0 Å². The van der Waals surface area contributed by atoms with Crippen molar-refractivity contribution in [1.82, 2.24) is 29.7 Å². The summed E-state index contributed by atoms with van der Waals surface area (Å²) in [5.74, 6) is -2.93. The van der Waals surface area contributed by atoms with E-state index in [1.54, 1.807) is 4.52 Å². The molecule has 0 amide bonds. The number of hydrogen-bond acceptors (Lipinski definition) is 6. The zero-order valence-electron chi connectivity index (χ0n) is 20.7. The smallest absolute Gasteiger partial charge is 0.251 e. The maximum atomic E-state index is 14.4. The Labute approximate surface area is 222 Å². The van der Waals surface area contributed by atoms with E-state index in [1.807, 2.05) is 25.4 Å². The predicted octanol–water partition coefficient (Wildman–Crippen LogP) is 5.93. The molecule has 196 valence electrons. The van der Waals surface area contributed by atoms with E-state index < -0.39 is 11.7 Å². The number of aromatic nitrogens is 5. The van der Waals surface area contributed by atoms with Gasteiger partial charge in [0.05, 0.1) is 29.5 Å². The highest BCUT2D eigenvalue weighted by Gasteiger charge is 2.46. The van der Waals surface area contributed by atoms with Crippen LogP contribution in [0.1, 0.15) is 55.8 Å². The molecule has 0 aliphatic heterocycles. The van der Waals surface area contributed by atoms with Crippen LogP contribution < -0.4 is 5.32 Å². The van der Waals surface area contributed by atoms with Gasteiger partial charge in [0, 0.05) is 59.0 Å². The quantitative estimate of drug-likeness (QED) is 0.328. The number of halogens is 3. The molecule has 4 aromatic heterocycles. The van der Waals surface area contributed by atoms with Crippen LogP contribution >= 0.6 is 11.8 Å². The van der Waals surface area contributed by atoms with Crippen LogP contribution in [0.25, 0.3) is 16.6 Å². The number of nitriles is 1. The molecule has 4 aromatic rings. The van der Waals surface area contributed by atoms with E-state index in [0.717, 1.165) is 54.3 Å². The minimum absolute atomic E-state index is 0.0573. The monoisotopic (exact) mass is 537 g/mol. The van der Waals surface area contributed by atoms with Crippen molar-refractivity contribution in [2.24, 2.45) is 0 Å². The van der Waals surface area contributed by atoms with Gasteiger partial charge in [-0.3, -0.25) is 4.68 Å². The van der Waals surface area contributed by atoms with Crippen LogP contribution in [0.2, 0.25) is 0 Å². The summed E-state index contributed by atoms with van der Waals surface area (Å²) in [5.41, 5.74) is 3.80. The lowest BCUT2D eigenvalue weighted by Gasteiger charge is -2.40. The Kier molecular flexibility index (Phi) is 6.40. The summed E-state index contributed by atoms with van der Waals surface area (Å²) in [6.07, 6.45) is 10.3. The lowest BCUT2D eigenvalue weighted by molar-refractivity contribution is -0.0956. The van der Waals surface area contributed by atoms with Gasteiger partial charge in [-0.05, 0) is 50.8 Å². The van der Waals surface area contributed by atoms with Crippen molar-refractivity contribution in [1.29, 1.82) is 5.26 Å². The van der Waals surface area contributed by atoms with E-state index in [1.165, 1.54) is 24.5 Å². The minimum Gasteiger partial charge on any atom is -0.311 e. The fourth-order valence-electron chi connectivity index (χ4n) is 5.62. The molecule has 38 heavy (non-hydrogen) atoms. The van der Waals surface area contributed by atoms with Gasteiger partial charge in [0.1, 0.15) is 11.1 Å². The van der Waals surface area contributed by atoms with E-state index >= 15 is 0 Å². The largest absolute Gasteiger partial charge is 0.311 e. The third-order valence-corrected chi connectivity index (χ3v) is 8.61. The van der Waals surface area contributed by atoms with Gasteiger partial charge in [-0.1, -0.05) is 11.8 Å². The summed E-state index contributed by atoms with van der Waals surface area (Å²) in [4.78, 5) is 4.84. The average molecular weight is 538 g/mol. The second-order valence-electron chi connectivity index (χ2n) is 10.2. The van der Waals surface area contributed by atoms with Gasteiger partial charge < -0.3 is 5.32 Å². The van der Waals surface area contributed by atoms with Gasteiger partial charge in [0.15, 0.2) is 5.82 Å². The first-order valence-corrected chi connectivity index (χ1v) is 13.5. The van der Waals surface area contributed by atoms with Gasteiger partial charge in [-0.15, -0.1) is 0 Å². The minimum atomic E-state index is -2.50. The molecule has 0 radical (unpaired) electrons. The highest BCUT2D eigenvalue weighted by Crippen LogP contribution is 2.40. The molecule has 0 spiro atoms. The molecule has 1 N–H and O–H groups in total. The SMILES string of the molecule is Cc1c(-c2cc(Sc3ncccc3F)c3c(C#N)cnn3c2)cnn1C1CCC(NC2CC(F)(F)C2)CC1. The molecule has 2 fully saturated rings. The van der Waals surface area contributed by atoms with Crippen LogP contribution in [0.15, 0.2) is 52.9 Å². The van der Waals surface area contributed by atoms with Crippen molar-refractivity contribution >= 4 is 17.3 Å². The molecule has 7 nitrogen and oxygen atoms in total. The number of alkyl halides is 2. The van der Waals surface area contributed by atoms with Crippen molar-refractivity contribution in [3.8, 4) is 17.2 Å². The first-order chi connectivity index (χ1) is 18.3. The van der Waals surface area contributed by atoms with Crippen molar-refractivity contribution < 1.29 is 13.2 Å². The van der Waals surface area contributed by atoms with E-state index in [2.05, 4.69) is 26.2 Å². The molecule has 0 bridgehead atoms. The Morgan fingerprint density at radius 2 is 1.92 bits per heavy atom. The van der Waals surface area contributed by atoms with Crippen LogP contribution in [-0.4, -0.2) is 42.4 Å². The Morgan fingerprint density at radius 3 is 2.63 bits per heavy atom. The Bertz CT molecular complexity index is 1520. The first-order valence-electron chi connectivity index (χ1n) is 12.7. The third-order valence-electron chi connectivity index (χ3n) is 7.59. The summed E-state index contributed by atoms with van der Waals surface area (Å²) in [7, 11) is 0. The zero-order valence-corrected chi connectivity index (χ0v) is 21.6. The Morgan fingerprint density at radius 1 is 1.13 bits per heavy atom. The summed E-state index contributed by atoms with van der Waals surface area (Å²) < 4.78 is 44.5. The zero-order chi connectivity index (χ0) is 26.4. The molecule has 2 saturated carbocycles. The van der Waals surface area contributed by atoms with Crippen LogP contribution in [0.5, 0.6) is 0 Å². The summed E-state index contributed by atoms with van der Waals surface area (Å²) >= 11 is 1.16. The van der Waals surface area contributed by atoms with Crippen molar-refractivity contribution in [2.45, 2.75) is 79.4 Å². The standard InChI is InChI=1S/C27H26F3N7S/c1-16-22(14-34-37(16)21-6-4-19(5-7-21)35-20-10-27(29,30)11-20)17-9-24(38-26-23(28)3-2-8-32-26)25-18(12-31)13-33-36(25)15-17/h2-3,8-9,13-15,19-21,35H,4-7,10-11H2,1H3. The second kappa shape index (κ2) is 9.75. The fraction of sp³-hybridized carbons (Fsp3) is 0.407. The average Bonchev–Trinajstić information content (AvgIpc) is 3.48. The molecule has 11 heteroatoms. The number of rotatable bonds is 6. The fourth-order valence-corrected chi connectivity index (χ4v) is 6.59. The third kappa shape index (κ3) is 4.67. The van der Waals surface area contributed by atoms with E-state index in [9.17, 15) is 18.4 Å². The van der Waals surface area contributed by atoms with Gasteiger partial charge >= 0.3 is 0 Å². The van der Waals surface area contributed by atoms with Gasteiger partial charge in [0.2, 0.25) is 0 Å². The van der Waals surface area contributed by atoms with E-state index in [0.29, 0.717) is 16.0 Å². The predicted molar refractivity (Wildman–Crippen MR) is 137 cm³/mol. The molecule has 4 heterocycles. The van der Waals surface area contributed by atoms with E-state index in [-0.39, 0.29) is 36.0 Å². The van der Waals surface area contributed by atoms with Crippen molar-refractivity contribution in [3.05, 3.63) is 60.1 Å². The Balaban J connectivity index is 1.24. The number of pyridine rings is 2. The topological polar surface area (TPSA) is 83.8 Å². The van der Waals surface area contributed by atoms with Crippen LogP contribution in [0.4, 0.5) is 13.2 Å². The summed E-state index contributed by atoms with van der Waals surface area (Å²) in [6.45, 7) is 2.03. The van der Waals surface area contributed by atoms with Gasteiger partial charge in [-0.2, -0.15) is 15.5 Å². The highest BCUT2D eigenvalue weighted by atomic mass is 32.2. The molecule has 0 unspecified atom stereocenters. The second-order valence-corrected chi connectivity index (χ2v) is 11.2. The lowest BCUT2D eigenvalue weighted by atomic mass is 9.85. The molecule has 2 aliphatic rings. The summed E-state index contributed by atoms with van der Waals surface area (Å²) in [6, 6.07) is 7.43. The molecule has 0 aromatic carbocycles. The summed E-state index contributed by atoms with van der Waals surface area (Å²) in [5, 5.41) is 22.3. The lowest BCUT2D eigenvalue weighted by Crippen LogP contribution is -2.52. The van der Waals surface area contributed by atoms with Crippen LogP contribution in [0.3, 0.4) is 0 Å². The molecule has 6 rings (SSSR count). The van der Waals surface area contributed by atoms with Crippen molar-refractivity contribution in [3.63, 3.8) is 0 Å². The molecule has 2 aliphatic carbocycles. The maximum Gasteiger partial charge on any atom is 0.251 e. The maximum absolute atomic E-state index is 14.4.